The normalized spacial score (nSPS) is 9.93. The molecular formula is C10H4ClFN2S. The Balaban J connectivity index is 2.56. The summed E-state index contributed by atoms with van der Waals surface area (Å²) < 4.78 is 13.6. The van der Waals surface area contributed by atoms with Crippen LogP contribution in [0.3, 0.4) is 0 Å². The van der Waals surface area contributed by atoms with E-state index in [0.717, 1.165) is 11.3 Å². The smallest absolute Gasteiger partial charge is 0.170 e. The highest BCUT2D eigenvalue weighted by Crippen LogP contribution is 2.32. The van der Waals surface area contributed by atoms with Gasteiger partial charge in [-0.25, -0.2) is 9.37 Å². The number of hydrogen-bond donors (Lipinski definition) is 0. The highest BCUT2D eigenvalue weighted by molar-refractivity contribution is 7.19. The number of benzene rings is 1. The number of hydrogen-bond acceptors (Lipinski definition) is 3. The average molecular weight is 239 g/mol. The minimum atomic E-state index is -0.368. The van der Waals surface area contributed by atoms with E-state index in [-0.39, 0.29) is 15.8 Å². The van der Waals surface area contributed by atoms with E-state index in [0.29, 0.717) is 10.6 Å². The van der Waals surface area contributed by atoms with E-state index >= 15 is 0 Å². The van der Waals surface area contributed by atoms with E-state index in [1.807, 2.05) is 6.07 Å². The lowest BCUT2D eigenvalue weighted by molar-refractivity contribution is 0.631. The second-order valence-electron chi connectivity index (χ2n) is 2.73. The molecule has 2 rings (SSSR count). The van der Waals surface area contributed by atoms with Crippen LogP contribution in [0.2, 0.25) is 4.34 Å². The van der Waals surface area contributed by atoms with Gasteiger partial charge < -0.3 is 0 Å². The molecule has 2 aromatic rings. The molecule has 5 heteroatoms. The summed E-state index contributed by atoms with van der Waals surface area (Å²) in [5, 5.41) is 9.09. The molecule has 2 nitrogen and oxygen atoms in total. The standard InChI is InChI=1S/C10H4ClFN2S/c11-9-8(5-13)14-10(15-9)6-3-1-2-4-7(6)12/h1-4H. The zero-order valence-corrected chi connectivity index (χ0v) is 8.94. The fraction of sp³-hybridized carbons (Fsp3) is 0. The van der Waals surface area contributed by atoms with Gasteiger partial charge in [0.2, 0.25) is 0 Å². The third kappa shape index (κ3) is 1.84. The van der Waals surface area contributed by atoms with Crippen molar-refractivity contribution in [3.63, 3.8) is 0 Å². The molecule has 0 spiro atoms. The fourth-order valence-electron chi connectivity index (χ4n) is 1.12. The monoisotopic (exact) mass is 238 g/mol. The molecule has 1 aromatic heterocycles. The SMILES string of the molecule is N#Cc1nc(-c2ccccc2F)sc1Cl. The lowest BCUT2D eigenvalue weighted by Crippen LogP contribution is -1.82. The first-order valence-corrected chi connectivity index (χ1v) is 5.23. The van der Waals surface area contributed by atoms with Crippen LogP contribution in [0.4, 0.5) is 4.39 Å². The van der Waals surface area contributed by atoms with Gasteiger partial charge in [-0.1, -0.05) is 23.7 Å². The zero-order chi connectivity index (χ0) is 10.8. The van der Waals surface area contributed by atoms with Crippen molar-refractivity contribution in [2.45, 2.75) is 0 Å². The van der Waals surface area contributed by atoms with Crippen molar-refractivity contribution in [2.24, 2.45) is 0 Å². The molecule has 0 saturated carbocycles. The minimum Gasteiger partial charge on any atom is -0.224 e. The van der Waals surface area contributed by atoms with Gasteiger partial charge in [-0.05, 0) is 12.1 Å². The summed E-state index contributed by atoms with van der Waals surface area (Å²) in [5.41, 5.74) is 0.505. The van der Waals surface area contributed by atoms with Crippen molar-refractivity contribution in [2.75, 3.05) is 0 Å². The summed E-state index contributed by atoms with van der Waals surface area (Å²) >= 11 is 6.86. The predicted octanol–water partition coefficient (Wildman–Crippen LogP) is 3.47. The Morgan fingerprint density at radius 2 is 2.13 bits per heavy atom. The summed E-state index contributed by atoms with van der Waals surface area (Å²) in [5.74, 6) is -0.368. The molecule has 0 aliphatic heterocycles. The Hall–Kier alpha value is -1.44. The summed E-state index contributed by atoms with van der Waals surface area (Å²) in [6.07, 6.45) is 0. The fourth-order valence-corrected chi connectivity index (χ4v) is 2.19. The largest absolute Gasteiger partial charge is 0.224 e. The first-order valence-electron chi connectivity index (χ1n) is 4.03. The van der Waals surface area contributed by atoms with Crippen molar-refractivity contribution >= 4 is 22.9 Å². The first kappa shape index (κ1) is 10.1. The first-order chi connectivity index (χ1) is 7.22. The Labute approximate surface area is 94.6 Å². The number of thiazole rings is 1. The quantitative estimate of drug-likeness (QED) is 0.763. The van der Waals surface area contributed by atoms with Crippen LogP contribution in [0, 0.1) is 17.1 Å². The molecule has 0 aliphatic carbocycles. The topological polar surface area (TPSA) is 36.7 Å². The molecule has 0 unspecified atom stereocenters. The second kappa shape index (κ2) is 3.97. The Kier molecular flexibility index (Phi) is 2.67. The van der Waals surface area contributed by atoms with E-state index in [9.17, 15) is 4.39 Å². The van der Waals surface area contributed by atoms with Crippen LogP contribution in [0.5, 0.6) is 0 Å². The molecule has 15 heavy (non-hydrogen) atoms. The van der Waals surface area contributed by atoms with Crippen LogP contribution in [0.15, 0.2) is 24.3 Å². The molecule has 0 radical (unpaired) electrons. The van der Waals surface area contributed by atoms with Crippen molar-refractivity contribution in [1.82, 2.24) is 4.98 Å². The van der Waals surface area contributed by atoms with Gasteiger partial charge in [0.1, 0.15) is 21.2 Å². The van der Waals surface area contributed by atoms with Crippen molar-refractivity contribution in [3.05, 3.63) is 40.1 Å². The summed E-state index contributed by atoms with van der Waals surface area (Å²) in [4.78, 5) is 3.94. The van der Waals surface area contributed by atoms with E-state index in [1.165, 1.54) is 6.07 Å². The average Bonchev–Trinajstić information content (AvgIpc) is 2.60. The third-order valence-corrected chi connectivity index (χ3v) is 3.08. The highest BCUT2D eigenvalue weighted by Gasteiger charge is 2.12. The molecule has 0 amide bonds. The maximum atomic E-state index is 13.4. The molecule has 0 N–H and O–H groups in total. The number of nitriles is 1. The van der Waals surface area contributed by atoms with Gasteiger partial charge in [0, 0.05) is 5.56 Å². The van der Waals surface area contributed by atoms with E-state index in [2.05, 4.69) is 4.98 Å². The number of aromatic nitrogens is 1. The van der Waals surface area contributed by atoms with Gasteiger partial charge in [-0.3, -0.25) is 0 Å². The Morgan fingerprint density at radius 1 is 1.40 bits per heavy atom. The maximum Gasteiger partial charge on any atom is 0.170 e. The second-order valence-corrected chi connectivity index (χ2v) is 4.33. The summed E-state index contributed by atoms with van der Waals surface area (Å²) in [6.45, 7) is 0. The van der Waals surface area contributed by atoms with Crippen LogP contribution in [-0.4, -0.2) is 4.98 Å². The van der Waals surface area contributed by atoms with Crippen molar-refractivity contribution in [1.29, 1.82) is 5.26 Å². The maximum absolute atomic E-state index is 13.4. The molecule has 0 atom stereocenters. The third-order valence-electron chi connectivity index (χ3n) is 1.80. The molecule has 0 saturated heterocycles. The van der Waals surface area contributed by atoms with Gasteiger partial charge in [0.25, 0.3) is 0 Å². The summed E-state index contributed by atoms with van der Waals surface area (Å²) in [6, 6.07) is 8.10. The number of rotatable bonds is 1. The van der Waals surface area contributed by atoms with Gasteiger partial charge in [-0.15, -0.1) is 11.3 Å². The van der Waals surface area contributed by atoms with Gasteiger partial charge >= 0.3 is 0 Å². The molecule has 1 heterocycles. The number of halogens is 2. The van der Waals surface area contributed by atoms with Crippen molar-refractivity contribution < 1.29 is 4.39 Å². The number of nitrogens with zero attached hydrogens (tertiary/aromatic N) is 2. The Morgan fingerprint density at radius 3 is 2.73 bits per heavy atom. The summed E-state index contributed by atoms with van der Waals surface area (Å²) in [7, 11) is 0. The highest BCUT2D eigenvalue weighted by atomic mass is 35.5. The van der Waals surface area contributed by atoms with Crippen LogP contribution < -0.4 is 0 Å². The van der Waals surface area contributed by atoms with E-state index in [1.54, 1.807) is 18.2 Å². The molecule has 0 fully saturated rings. The van der Waals surface area contributed by atoms with Gasteiger partial charge in [0.15, 0.2) is 5.69 Å². The molecule has 74 valence electrons. The lowest BCUT2D eigenvalue weighted by atomic mass is 10.2. The van der Waals surface area contributed by atoms with Gasteiger partial charge in [0.05, 0.1) is 0 Å². The molecule has 0 bridgehead atoms. The van der Waals surface area contributed by atoms with Crippen LogP contribution in [-0.2, 0) is 0 Å². The van der Waals surface area contributed by atoms with E-state index < -0.39 is 0 Å². The molecular weight excluding hydrogens is 235 g/mol. The van der Waals surface area contributed by atoms with Crippen molar-refractivity contribution in [3.8, 4) is 16.6 Å². The van der Waals surface area contributed by atoms with Gasteiger partial charge in [-0.2, -0.15) is 5.26 Å². The predicted molar refractivity (Wildman–Crippen MR) is 57.2 cm³/mol. The van der Waals surface area contributed by atoms with Crippen LogP contribution in [0.1, 0.15) is 5.69 Å². The Bertz CT molecular complexity index is 545. The van der Waals surface area contributed by atoms with Crippen LogP contribution in [0.25, 0.3) is 10.6 Å². The lowest BCUT2D eigenvalue weighted by Gasteiger charge is -1.96. The molecule has 1 aromatic carbocycles. The molecule has 0 aliphatic rings. The zero-order valence-electron chi connectivity index (χ0n) is 7.37. The minimum absolute atomic E-state index is 0.139. The van der Waals surface area contributed by atoms with E-state index in [4.69, 9.17) is 16.9 Å². The van der Waals surface area contributed by atoms with Crippen LogP contribution >= 0.6 is 22.9 Å².